The lowest BCUT2D eigenvalue weighted by Gasteiger charge is -2.29. The Morgan fingerprint density at radius 1 is 1.11 bits per heavy atom. The maximum atomic E-state index is 13.2. The number of nitrogens with one attached hydrogen (secondary N) is 1. The SMILES string of the molecule is CC1(C)CN(C(=O)c2ccc(F)cc2)C=C(C(=O)O)c2[nH]c3ccccc3c21. The molecular weight excluding hydrogens is 359 g/mol. The van der Waals surface area contributed by atoms with Crippen molar-refractivity contribution in [1.29, 1.82) is 0 Å². The van der Waals surface area contributed by atoms with E-state index >= 15 is 0 Å². The molecule has 0 radical (unpaired) electrons. The third kappa shape index (κ3) is 2.87. The van der Waals surface area contributed by atoms with Crippen LogP contribution < -0.4 is 0 Å². The quantitative estimate of drug-likeness (QED) is 0.703. The lowest BCUT2D eigenvalue weighted by atomic mass is 9.81. The first-order chi connectivity index (χ1) is 13.3. The number of aromatic amines is 1. The van der Waals surface area contributed by atoms with Crippen LogP contribution in [0.5, 0.6) is 0 Å². The molecule has 0 atom stereocenters. The van der Waals surface area contributed by atoms with Crippen molar-refractivity contribution in [2.24, 2.45) is 0 Å². The van der Waals surface area contributed by atoms with Gasteiger partial charge in [0, 0.05) is 34.6 Å². The predicted octanol–water partition coefficient (Wildman–Crippen LogP) is 4.17. The van der Waals surface area contributed by atoms with E-state index in [4.69, 9.17) is 0 Å². The number of hydrogen-bond donors (Lipinski definition) is 2. The molecule has 5 nitrogen and oxygen atoms in total. The minimum Gasteiger partial charge on any atom is -0.478 e. The summed E-state index contributed by atoms with van der Waals surface area (Å²) in [5.74, 6) is -1.93. The maximum Gasteiger partial charge on any atom is 0.339 e. The molecule has 0 aliphatic carbocycles. The van der Waals surface area contributed by atoms with E-state index < -0.39 is 17.2 Å². The number of carbonyl (C=O) groups is 2. The summed E-state index contributed by atoms with van der Waals surface area (Å²) < 4.78 is 13.2. The second-order valence-corrected chi connectivity index (χ2v) is 7.59. The maximum absolute atomic E-state index is 13.2. The first-order valence-electron chi connectivity index (χ1n) is 8.91. The van der Waals surface area contributed by atoms with Gasteiger partial charge in [-0.25, -0.2) is 9.18 Å². The number of nitrogens with zero attached hydrogens (tertiary/aromatic N) is 1. The zero-order valence-electron chi connectivity index (χ0n) is 15.5. The van der Waals surface area contributed by atoms with Crippen molar-refractivity contribution in [3.63, 3.8) is 0 Å². The first-order valence-corrected chi connectivity index (χ1v) is 8.91. The standard InChI is InChI=1S/C22H19FN2O3/c1-22(2)12-25(20(26)13-7-9-14(23)10-8-13)11-16(21(27)28)19-18(22)15-5-3-4-6-17(15)24-19/h3-11,24H,12H2,1-2H3,(H,27,28). The van der Waals surface area contributed by atoms with Gasteiger partial charge >= 0.3 is 5.97 Å². The van der Waals surface area contributed by atoms with Crippen molar-refractivity contribution in [3.05, 3.63) is 77.4 Å². The van der Waals surface area contributed by atoms with Crippen LogP contribution in [0, 0.1) is 5.82 Å². The summed E-state index contributed by atoms with van der Waals surface area (Å²) in [6.07, 6.45) is 1.37. The van der Waals surface area contributed by atoms with E-state index in [-0.39, 0.29) is 18.0 Å². The van der Waals surface area contributed by atoms with Crippen molar-refractivity contribution in [3.8, 4) is 0 Å². The number of carboxylic acids is 1. The minimum atomic E-state index is -1.12. The van der Waals surface area contributed by atoms with E-state index in [0.29, 0.717) is 11.3 Å². The highest BCUT2D eigenvalue weighted by Gasteiger charge is 2.37. The van der Waals surface area contributed by atoms with Crippen LogP contribution in [0.15, 0.2) is 54.7 Å². The van der Waals surface area contributed by atoms with Crippen LogP contribution in [0.4, 0.5) is 4.39 Å². The number of benzene rings is 2. The largest absolute Gasteiger partial charge is 0.478 e. The molecule has 3 aromatic rings. The van der Waals surface area contributed by atoms with Gasteiger partial charge in [-0.3, -0.25) is 4.79 Å². The molecule has 4 rings (SSSR count). The molecule has 0 unspecified atom stereocenters. The summed E-state index contributed by atoms with van der Waals surface area (Å²) in [7, 11) is 0. The molecule has 142 valence electrons. The molecule has 1 aromatic heterocycles. The third-order valence-electron chi connectivity index (χ3n) is 5.09. The zero-order valence-corrected chi connectivity index (χ0v) is 15.5. The highest BCUT2D eigenvalue weighted by atomic mass is 19.1. The fraction of sp³-hybridized carbons (Fsp3) is 0.182. The molecule has 0 bridgehead atoms. The number of rotatable bonds is 2. The Morgan fingerprint density at radius 3 is 2.46 bits per heavy atom. The summed E-state index contributed by atoms with van der Waals surface area (Å²) in [5, 5.41) is 10.8. The van der Waals surface area contributed by atoms with Gasteiger partial charge < -0.3 is 15.0 Å². The summed E-state index contributed by atoms with van der Waals surface area (Å²) in [5.41, 5.74) is 2.03. The Balaban J connectivity index is 1.89. The average molecular weight is 378 g/mol. The molecule has 2 heterocycles. The molecule has 28 heavy (non-hydrogen) atoms. The van der Waals surface area contributed by atoms with Crippen LogP contribution in [0.1, 0.15) is 35.5 Å². The topological polar surface area (TPSA) is 73.4 Å². The van der Waals surface area contributed by atoms with Gasteiger partial charge in [0.05, 0.1) is 11.3 Å². The van der Waals surface area contributed by atoms with E-state index in [1.54, 1.807) is 0 Å². The van der Waals surface area contributed by atoms with E-state index in [1.807, 2.05) is 38.1 Å². The molecule has 1 aliphatic rings. The normalized spacial score (nSPS) is 15.7. The highest BCUT2D eigenvalue weighted by molar-refractivity contribution is 6.17. The number of aliphatic carboxylic acids is 1. The monoisotopic (exact) mass is 378 g/mol. The molecule has 1 aliphatic heterocycles. The van der Waals surface area contributed by atoms with Crippen LogP contribution in [0.2, 0.25) is 0 Å². The van der Waals surface area contributed by atoms with Gasteiger partial charge in [0.25, 0.3) is 5.91 Å². The molecular formula is C22H19FN2O3. The summed E-state index contributed by atoms with van der Waals surface area (Å²) in [6.45, 7) is 4.25. The number of carboxylic acid groups (broad SMARTS) is 1. The minimum absolute atomic E-state index is 0.0206. The zero-order chi connectivity index (χ0) is 20.1. The second kappa shape index (κ2) is 6.34. The molecule has 1 amide bonds. The Bertz CT molecular complexity index is 1130. The van der Waals surface area contributed by atoms with Crippen LogP contribution in [-0.4, -0.2) is 33.4 Å². The number of H-pyrrole nitrogens is 1. The number of carbonyl (C=O) groups excluding carboxylic acids is 1. The predicted molar refractivity (Wildman–Crippen MR) is 104 cm³/mol. The molecule has 2 aromatic carbocycles. The van der Waals surface area contributed by atoms with Crippen molar-refractivity contribution >= 4 is 28.4 Å². The summed E-state index contributed by atoms with van der Waals surface area (Å²) in [4.78, 5) is 29.7. The highest BCUT2D eigenvalue weighted by Crippen LogP contribution is 2.40. The fourth-order valence-electron chi connectivity index (χ4n) is 3.87. The third-order valence-corrected chi connectivity index (χ3v) is 5.09. The van der Waals surface area contributed by atoms with Gasteiger partial charge in [-0.05, 0) is 35.9 Å². The van der Waals surface area contributed by atoms with E-state index in [2.05, 4.69) is 4.98 Å². The lowest BCUT2D eigenvalue weighted by molar-refractivity contribution is -0.130. The van der Waals surface area contributed by atoms with Gasteiger partial charge in [0.1, 0.15) is 5.82 Å². The molecule has 2 N–H and O–H groups in total. The van der Waals surface area contributed by atoms with Crippen molar-refractivity contribution in [1.82, 2.24) is 9.88 Å². The number of fused-ring (bicyclic) bond motifs is 3. The van der Waals surface area contributed by atoms with Crippen LogP contribution in [0.25, 0.3) is 16.5 Å². The summed E-state index contributed by atoms with van der Waals surface area (Å²) >= 11 is 0. The van der Waals surface area contributed by atoms with Gasteiger partial charge in [-0.15, -0.1) is 0 Å². The average Bonchev–Trinajstić information content (AvgIpc) is 2.99. The van der Waals surface area contributed by atoms with E-state index in [1.165, 1.54) is 35.4 Å². The number of aromatic nitrogens is 1. The van der Waals surface area contributed by atoms with Crippen molar-refractivity contribution in [2.45, 2.75) is 19.3 Å². The Hall–Kier alpha value is -3.41. The van der Waals surface area contributed by atoms with E-state index in [9.17, 15) is 19.1 Å². The Morgan fingerprint density at radius 2 is 1.79 bits per heavy atom. The second-order valence-electron chi connectivity index (χ2n) is 7.59. The van der Waals surface area contributed by atoms with Gasteiger partial charge in [-0.2, -0.15) is 0 Å². The molecule has 0 spiro atoms. The Kier molecular flexibility index (Phi) is 4.07. The molecule has 0 fully saturated rings. The first kappa shape index (κ1) is 18.0. The molecule has 0 saturated carbocycles. The Labute approximate surface area is 161 Å². The van der Waals surface area contributed by atoms with Gasteiger partial charge in [-0.1, -0.05) is 32.0 Å². The number of para-hydroxylation sites is 1. The number of halogens is 1. The fourth-order valence-corrected chi connectivity index (χ4v) is 3.87. The smallest absolute Gasteiger partial charge is 0.339 e. The van der Waals surface area contributed by atoms with Crippen LogP contribution in [-0.2, 0) is 10.2 Å². The van der Waals surface area contributed by atoms with Crippen LogP contribution >= 0.6 is 0 Å². The lowest BCUT2D eigenvalue weighted by Crippen LogP contribution is -2.36. The summed E-state index contributed by atoms with van der Waals surface area (Å²) in [6, 6.07) is 12.9. The van der Waals surface area contributed by atoms with Crippen molar-refractivity contribution < 1.29 is 19.1 Å². The molecule has 0 saturated heterocycles. The van der Waals surface area contributed by atoms with E-state index in [0.717, 1.165) is 16.5 Å². The molecule has 6 heteroatoms. The van der Waals surface area contributed by atoms with Gasteiger partial charge in [0.15, 0.2) is 0 Å². The number of hydrogen-bond acceptors (Lipinski definition) is 2. The number of amides is 1. The van der Waals surface area contributed by atoms with Gasteiger partial charge in [0.2, 0.25) is 0 Å². The van der Waals surface area contributed by atoms with Crippen molar-refractivity contribution in [2.75, 3.05) is 6.54 Å². The van der Waals surface area contributed by atoms with Crippen LogP contribution in [0.3, 0.4) is 0 Å².